The fraction of sp³-hybridized carbons (Fsp3) is 0.600. The lowest BCUT2D eigenvalue weighted by molar-refractivity contribution is 0.0690. The average Bonchev–Trinajstić information content (AvgIpc) is 2.59. The highest BCUT2D eigenvalue weighted by Crippen LogP contribution is 2.21. The van der Waals surface area contributed by atoms with Gasteiger partial charge in [-0.25, -0.2) is 9.78 Å². The van der Waals surface area contributed by atoms with E-state index in [1.165, 1.54) is 11.3 Å². The molecule has 1 aromatic heterocycles. The Labute approximate surface area is 107 Å². The molecule has 1 aromatic rings. The second kappa shape index (κ2) is 6.11. The topological polar surface area (TPSA) is 79.3 Å². The summed E-state index contributed by atoms with van der Waals surface area (Å²) in [7, 11) is -0.826. The minimum absolute atomic E-state index is 0.101. The van der Waals surface area contributed by atoms with Crippen LogP contribution in [0.15, 0.2) is 0 Å². The van der Waals surface area contributed by atoms with Crippen LogP contribution in [0.1, 0.15) is 28.7 Å². The summed E-state index contributed by atoms with van der Waals surface area (Å²) in [6.45, 7) is 4.30. The molecular formula is C10H16N2O3S2. The molecular weight excluding hydrogens is 260 g/mol. The number of hydrogen-bond donors (Lipinski definition) is 2. The Morgan fingerprint density at radius 2 is 2.29 bits per heavy atom. The van der Waals surface area contributed by atoms with Gasteiger partial charge in [0.1, 0.15) is 0 Å². The van der Waals surface area contributed by atoms with Crippen LogP contribution in [-0.4, -0.2) is 38.3 Å². The van der Waals surface area contributed by atoms with Crippen molar-refractivity contribution >= 4 is 33.2 Å². The summed E-state index contributed by atoms with van der Waals surface area (Å²) in [6.07, 6.45) is 2.45. The van der Waals surface area contributed by atoms with Gasteiger partial charge in [0.2, 0.25) is 0 Å². The highest BCUT2D eigenvalue weighted by molar-refractivity contribution is 7.84. The number of carboxylic acid groups (broad SMARTS) is 1. The zero-order valence-corrected chi connectivity index (χ0v) is 11.7. The van der Waals surface area contributed by atoms with Gasteiger partial charge in [0.15, 0.2) is 10.8 Å². The van der Waals surface area contributed by atoms with Crippen molar-refractivity contribution in [3.8, 4) is 0 Å². The van der Waals surface area contributed by atoms with Gasteiger partial charge in [-0.2, -0.15) is 0 Å². The predicted octanol–water partition coefficient (Wildman–Crippen LogP) is 1.72. The van der Waals surface area contributed by atoms with Crippen LogP contribution in [0.2, 0.25) is 0 Å². The lowest BCUT2D eigenvalue weighted by atomic mass is 10.3. The number of carbonyl (C=O) groups is 1. The number of thiazole rings is 1. The zero-order valence-electron chi connectivity index (χ0n) is 10.0. The number of anilines is 1. The monoisotopic (exact) mass is 276 g/mol. The molecule has 0 aliphatic carbocycles. The third-order valence-electron chi connectivity index (χ3n) is 2.39. The first-order valence-electron chi connectivity index (χ1n) is 5.18. The van der Waals surface area contributed by atoms with Gasteiger partial charge >= 0.3 is 5.97 Å². The summed E-state index contributed by atoms with van der Waals surface area (Å²) in [6, 6.07) is 0. The van der Waals surface area contributed by atoms with Crippen LogP contribution in [0.3, 0.4) is 0 Å². The molecule has 0 aromatic carbocycles. The molecule has 1 rings (SSSR count). The molecule has 0 saturated carbocycles. The van der Waals surface area contributed by atoms with Gasteiger partial charge in [-0.1, -0.05) is 6.92 Å². The number of nitrogens with one attached hydrogen (secondary N) is 1. The van der Waals surface area contributed by atoms with Crippen molar-refractivity contribution in [1.82, 2.24) is 4.98 Å². The van der Waals surface area contributed by atoms with Crippen molar-refractivity contribution in [2.45, 2.75) is 25.5 Å². The van der Waals surface area contributed by atoms with Crippen molar-refractivity contribution in [3.63, 3.8) is 0 Å². The van der Waals surface area contributed by atoms with E-state index in [0.29, 0.717) is 16.6 Å². The van der Waals surface area contributed by atoms with Crippen molar-refractivity contribution in [2.24, 2.45) is 0 Å². The number of hydrogen-bond acceptors (Lipinski definition) is 5. The van der Waals surface area contributed by atoms with E-state index in [9.17, 15) is 9.00 Å². The Morgan fingerprint density at radius 3 is 2.76 bits per heavy atom. The van der Waals surface area contributed by atoms with Gasteiger partial charge in [-0.05, 0) is 13.3 Å². The first-order chi connectivity index (χ1) is 7.91. The molecule has 0 spiro atoms. The maximum atomic E-state index is 11.1. The van der Waals surface area contributed by atoms with Crippen molar-refractivity contribution < 1.29 is 14.1 Å². The third kappa shape index (κ3) is 4.08. The Balaban J connectivity index is 2.50. The van der Waals surface area contributed by atoms with Gasteiger partial charge in [0.05, 0.1) is 0 Å². The zero-order chi connectivity index (χ0) is 13.0. The minimum Gasteiger partial charge on any atom is -0.476 e. The Morgan fingerprint density at radius 1 is 1.65 bits per heavy atom. The highest BCUT2D eigenvalue weighted by atomic mass is 32.2. The van der Waals surface area contributed by atoms with E-state index in [1.54, 1.807) is 13.2 Å². The Hall–Kier alpha value is -0.950. The first-order valence-corrected chi connectivity index (χ1v) is 7.62. The second-order valence-electron chi connectivity index (χ2n) is 3.75. The van der Waals surface area contributed by atoms with Crippen LogP contribution in [0.5, 0.6) is 0 Å². The third-order valence-corrected chi connectivity index (χ3v) is 4.69. The van der Waals surface area contributed by atoms with Gasteiger partial charge < -0.3 is 10.4 Å². The lowest BCUT2D eigenvalue weighted by Gasteiger charge is -2.07. The van der Waals surface area contributed by atoms with E-state index >= 15 is 0 Å². The molecule has 1 heterocycles. The predicted molar refractivity (Wildman–Crippen MR) is 70.4 cm³/mol. The van der Waals surface area contributed by atoms with Crippen LogP contribution in [0.4, 0.5) is 5.13 Å². The van der Waals surface area contributed by atoms with E-state index in [1.807, 2.05) is 6.92 Å². The number of rotatable bonds is 6. The molecule has 0 bridgehead atoms. The standard InChI is InChI=1S/C10H16N2O3S2/c1-6(17(3)15)4-5-11-10-12-8(9(13)14)7(2)16-10/h6H,4-5H2,1-3H3,(H,11,12)(H,13,14). The number of nitrogens with zero attached hydrogens (tertiary/aromatic N) is 1. The summed E-state index contributed by atoms with van der Waals surface area (Å²) in [5.41, 5.74) is 0.101. The molecule has 2 unspecified atom stereocenters. The number of aromatic carboxylic acids is 1. The van der Waals surface area contributed by atoms with Gasteiger partial charge in [0.25, 0.3) is 0 Å². The highest BCUT2D eigenvalue weighted by Gasteiger charge is 2.14. The van der Waals surface area contributed by atoms with Crippen LogP contribution < -0.4 is 5.32 Å². The van der Waals surface area contributed by atoms with E-state index in [-0.39, 0.29) is 10.9 Å². The fourth-order valence-electron chi connectivity index (χ4n) is 1.22. The van der Waals surface area contributed by atoms with Crippen LogP contribution in [0.25, 0.3) is 0 Å². The van der Waals surface area contributed by atoms with Crippen molar-refractivity contribution in [2.75, 3.05) is 18.1 Å². The second-order valence-corrected chi connectivity index (χ2v) is 6.76. The quantitative estimate of drug-likeness (QED) is 0.827. The van der Waals surface area contributed by atoms with Crippen molar-refractivity contribution in [3.05, 3.63) is 10.6 Å². The number of aryl methyl sites for hydroxylation is 1. The Kier molecular flexibility index (Phi) is 5.07. The summed E-state index contributed by atoms with van der Waals surface area (Å²) >= 11 is 1.32. The minimum atomic E-state index is -1.00. The summed E-state index contributed by atoms with van der Waals surface area (Å²) < 4.78 is 11.1. The lowest BCUT2D eigenvalue weighted by Crippen LogP contribution is -2.14. The van der Waals surface area contributed by atoms with Crippen LogP contribution in [-0.2, 0) is 10.8 Å². The normalized spacial score (nSPS) is 14.3. The molecule has 0 amide bonds. The van der Waals surface area contributed by atoms with Gasteiger partial charge in [-0.3, -0.25) is 4.21 Å². The SMILES string of the molecule is Cc1sc(NCCC(C)S(C)=O)nc1C(=O)O. The van der Waals surface area contributed by atoms with Crippen LogP contribution >= 0.6 is 11.3 Å². The average molecular weight is 276 g/mol. The Bertz CT molecular complexity index is 431. The molecule has 5 nitrogen and oxygen atoms in total. The fourth-order valence-corrected chi connectivity index (χ4v) is 2.50. The van der Waals surface area contributed by atoms with Gasteiger partial charge in [-0.15, -0.1) is 11.3 Å². The first kappa shape index (κ1) is 14.1. The molecule has 0 aliphatic heterocycles. The van der Waals surface area contributed by atoms with E-state index in [4.69, 9.17) is 5.11 Å². The van der Waals surface area contributed by atoms with Crippen molar-refractivity contribution in [1.29, 1.82) is 0 Å². The molecule has 2 N–H and O–H groups in total. The smallest absolute Gasteiger partial charge is 0.355 e. The van der Waals surface area contributed by atoms with Crippen LogP contribution in [0, 0.1) is 6.92 Å². The molecule has 0 radical (unpaired) electrons. The van der Waals surface area contributed by atoms with E-state index in [2.05, 4.69) is 10.3 Å². The molecule has 17 heavy (non-hydrogen) atoms. The molecule has 0 aliphatic rings. The number of carboxylic acids is 1. The largest absolute Gasteiger partial charge is 0.476 e. The summed E-state index contributed by atoms with van der Waals surface area (Å²) in [5.74, 6) is -1.00. The van der Waals surface area contributed by atoms with E-state index in [0.717, 1.165) is 6.42 Å². The molecule has 2 atom stereocenters. The maximum absolute atomic E-state index is 11.1. The molecule has 7 heteroatoms. The summed E-state index contributed by atoms with van der Waals surface area (Å²) in [4.78, 5) is 15.5. The number of aromatic nitrogens is 1. The molecule has 0 fully saturated rings. The van der Waals surface area contributed by atoms with Gasteiger partial charge in [0, 0.05) is 33.7 Å². The molecule has 96 valence electrons. The maximum Gasteiger partial charge on any atom is 0.355 e. The summed E-state index contributed by atoms with van der Waals surface area (Å²) in [5, 5.41) is 12.6. The molecule has 0 saturated heterocycles. The van der Waals surface area contributed by atoms with E-state index < -0.39 is 16.8 Å².